The SMILES string of the molecule is O=C(COC(=O)c1cccc(Cl)c1Cl)NCc1ccccc1F. The third kappa shape index (κ3) is 4.68. The predicted molar refractivity (Wildman–Crippen MR) is 85.0 cm³/mol. The minimum atomic E-state index is -0.765. The van der Waals surface area contributed by atoms with Gasteiger partial charge in [0, 0.05) is 12.1 Å². The van der Waals surface area contributed by atoms with Gasteiger partial charge in [-0.05, 0) is 18.2 Å². The average molecular weight is 356 g/mol. The first kappa shape index (κ1) is 17.2. The average Bonchev–Trinajstić information content (AvgIpc) is 2.54. The lowest BCUT2D eigenvalue weighted by Crippen LogP contribution is -2.28. The van der Waals surface area contributed by atoms with Crippen LogP contribution in [0.4, 0.5) is 4.39 Å². The standard InChI is InChI=1S/C16H12Cl2FNO3/c17-12-6-3-5-11(15(12)18)16(22)23-9-14(21)20-8-10-4-1-2-7-13(10)19/h1-7H,8-9H2,(H,20,21). The number of carbonyl (C=O) groups excluding carboxylic acids is 2. The molecule has 0 saturated heterocycles. The van der Waals surface area contributed by atoms with Gasteiger partial charge in [-0.15, -0.1) is 0 Å². The molecule has 0 atom stereocenters. The van der Waals surface area contributed by atoms with E-state index in [2.05, 4.69) is 5.32 Å². The normalized spacial score (nSPS) is 10.2. The maximum Gasteiger partial charge on any atom is 0.340 e. The molecule has 0 aliphatic rings. The summed E-state index contributed by atoms with van der Waals surface area (Å²) in [6.45, 7) is -0.503. The van der Waals surface area contributed by atoms with Crippen molar-refractivity contribution in [3.05, 3.63) is 69.5 Å². The van der Waals surface area contributed by atoms with Gasteiger partial charge in [0.2, 0.25) is 0 Å². The van der Waals surface area contributed by atoms with Crippen LogP contribution in [0.15, 0.2) is 42.5 Å². The Morgan fingerprint density at radius 1 is 1.09 bits per heavy atom. The second-order valence-corrected chi connectivity index (χ2v) is 5.33. The zero-order valence-electron chi connectivity index (χ0n) is 11.8. The van der Waals surface area contributed by atoms with Crippen LogP contribution in [0.3, 0.4) is 0 Å². The first-order valence-corrected chi connectivity index (χ1v) is 7.36. The van der Waals surface area contributed by atoms with Crippen molar-refractivity contribution in [3.63, 3.8) is 0 Å². The molecule has 0 fully saturated rings. The lowest BCUT2D eigenvalue weighted by Gasteiger charge is -2.08. The van der Waals surface area contributed by atoms with Crippen molar-refractivity contribution < 1.29 is 18.7 Å². The summed E-state index contributed by atoms with van der Waals surface area (Å²) in [5.74, 6) is -1.74. The molecule has 0 unspecified atom stereocenters. The van der Waals surface area contributed by atoms with Crippen LogP contribution in [0.25, 0.3) is 0 Å². The van der Waals surface area contributed by atoms with Gasteiger partial charge >= 0.3 is 5.97 Å². The van der Waals surface area contributed by atoms with Gasteiger partial charge in [0.15, 0.2) is 6.61 Å². The van der Waals surface area contributed by atoms with E-state index in [-0.39, 0.29) is 22.2 Å². The Morgan fingerprint density at radius 2 is 1.83 bits per heavy atom. The van der Waals surface area contributed by atoms with Crippen molar-refractivity contribution in [1.82, 2.24) is 5.32 Å². The highest BCUT2D eigenvalue weighted by atomic mass is 35.5. The van der Waals surface area contributed by atoms with Gasteiger partial charge < -0.3 is 10.1 Å². The van der Waals surface area contributed by atoms with Crippen LogP contribution in [-0.4, -0.2) is 18.5 Å². The number of hydrogen-bond donors (Lipinski definition) is 1. The smallest absolute Gasteiger partial charge is 0.340 e. The molecule has 7 heteroatoms. The summed E-state index contributed by atoms with van der Waals surface area (Å²) in [6.07, 6.45) is 0. The van der Waals surface area contributed by atoms with Crippen molar-refractivity contribution in [1.29, 1.82) is 0 Å². The van der Waals surface area contributed by atoms with Gasteiger partial charge in [-0.3, -0.25) is 4.79 Å². The molecule has 23 heavy (non-hydrogen) atoms. The summed E-state index contributed by atoms with van der Waals surface area (Å²) >= 11 is 11.7. The van der Waals surface area contributed by atoms with Crippen molar-refractivity contribution in [2.24, 2.45) is 0 Å². The Labute approximate surface area is 142 Å². The van der Waals surface area contributed by atoms with Crippen LogP contribution in [0.5, 0.6) is 0 Å². The Bertz CT molecular complexity index is 737. The molecular formula is C16H12Cl2FNO3. The first-order chi connectivity index (χ1) is 11.0. The highest BCUT2D eigenvalue weighted by Gasteiger charge is 2.15. The number of rotatable bonds is 5. The molecule has 2 aromatic rings. The largest absolute Gasteiger partial charge is 0.452 e. The Hall–Kier alpha value is -2.11. The number of amides is 1. The van der Waals surface area contributed by atoms with Crippen LogP contribution < -0.4 is 5.32 Å². The molecule has 0 radical (unpaired) electrons. The summed E-state index contributed by atoms with van der Waals surface area (Å²) in [6, 6.07) is 10.6. The molecule has 1 N–H and O–H groups in total. The van der Waals surface area contributed by atoms with Gasteiger partial charge in [0.25, 0.3) is 5.91 Å². The Kier molecular flexibility index (Phi) is 5.96. The topological polar surface area (TPSA) is 55.4 Å². The van der Waals surface area contributed by atoms with Gasteiger partial charge in [-0.25, -0.2) is 9.18 Å². The molecule has 1 amide bonds. The summed E-state index contributed by atoms with van der Waals surface area (Å²) < 4.78 is 18.3. The minimum absolute atomic E-state index is 0.000971. The molecular weight excluding hydrogens is 344 g/mol. The van der Waals surface area contributed by atoms with Crippen LogP contribution in [0.1, 0.15) is 15.9 Å². The van der Waals surface area contributed by atoms with Crippen molar-refractivity contribution in [2.75, 3.05) is 6.61 Å². The van der Waals surface area contributed by atoms with E-state index in [9.17, 15) is 14.0 Å². The van der Waals surface area contributed by atoms with Crippen LogP contribution in [0.2, 0.25) is 10.0 Å². The summed E-state index contributed by atoms with van der Waals surface area (Å²) in [7, 11) is 0. The zero-order valence-corrected chi connectivity index (χ0v) is 13.3. The molecule has 2 aromatic carbocycles. The first-order valence-electron chi connectivity index (χ1n) is 6.60. The third-order valence-corrected chi connectivity index (χ3v) is 3.76. The number of benzene rings is 2. The number of carbonyl (C=O) groups is 2. The highest BCUT2D eigenvalue weighted by molar-refractivity contribution is 6.43. The van der Waals surface area contributed by atoms with E-state index in [1.54, 1.807) is 24.3 Å². The fraction of sp³-hybridized carbons (Fsp3) is 0.125. The van der Waals surface area contributed by atoms with E-state index < -0.39 is 24.3 Å². The molecule has 0 heterocycles. The number of esters is 1. The molecule has 0 aliphatic carbocycles. The molecule has 0 saturated carbocycles. The van der Waals surface area contributed by atoms with Crippen molar-refractivity contribution in [2.45, 2.75) is 6.54 Å². The van der Waals surface area contributed by atoms with Crippen LogP contribution in [-0.2, 0) is 16.1 Å². The maximum atomic E-state index is 13.4. The quantitative estimate of drug-likeness (QED) is 0.833. The molecule has 0 aromatic heterocycles. The van der Waals surface area contributed by atoms with Gasteiger partial charge in [-0.2, -0.15) is 0 Å². The number of ether oxygens (including phenoxy) is 1. The Morgan fingerprint density at radius 3 is 2.57 bits per heavy atom. The highest BCUT2D eigenvalue weighted by Crippen LogP contribution is 2.25. The number of hydrogen-bond acceptors (Lipinski definition) is 3. The summed E-state index contributed by atoms with van der Waals surface area (Å²) in [5.41, 5.74) is 0.408. The molecule has 0 aliphatic heterocycles. The van der Waals surface area contributed by atoms with Crippen molar-refractivity contribution >= 4 is 35.1 Å². The minimum Gasteiger partial charge on any atom is -0.452 e. The van der Waals surface area contributed by atoms with Gasteiger partial charge in [-0.1, -0.05) is 47.5 Å². The summed E-state index contributed by atoms with van der Waals surface area (Å²) in [5, 5.41) is 2.73. The number of nitrogens with one attached hydrogen (secondary N) is 1. The second kappa shape index (κ2) is 7.94. The lowest BCUT2D eigenvalue weighted by molar-refractivity contribution is -0.124. The van der Waals surface area contributed by atoms with E-state index in [4.69, 9.17) is 27.9 Å². The molecule has 0 bridgehead atoms. The zero-order chi connectivity index (χ0) is 16.8. The lowest BCUT2D eigenvalue weighted by atomic mass is 10.2. The monoisotopic (exact) mass is 355 g/mol. The van der Waals surface area contributed by atoms with E-state index in [0.717, 1.165) is 0 Å². The van der Waals surface area contributed by atoms with E-state index in [0.29, 0.717) is 5.56 Å². The maximum absolute atomic E-state index is 13.4. The third-order valence-electron chi connectivity index (χ3n) is 2.94. The van der Waals surface area contributed by atoms with Gasteiger partial charge in [0.1, 0.15) is 5.82 Å². The number of halogens is 3. The molecule has 120 valence electrons. The van der Waals surface area contributed by atoms with E-state index in [1.165, 1.54) is 18.2 Å². The molecule has 4 nitrogen and oxygen atoms in total. The second-order valence-electron chi connectivity index (χ2n) is 4.55. The fourth-order valence-electron chi connectivity index (χ4n) is 1.76. The summed E-state index contributed by atoms with van der Waals surface area (Å²) in [4.78, 5) is 23.5. The van der Waals surface area contributed by atoms with Crippen molar-refractivity contribution in [3.8, 4) is 0 Å². The molecule has 2 rings (SSSR count). The van der Waals surface area contributed by atoms with Gasteiger partial charge in [0.05, 0.1) is 15.6 Å². The van der Waals surface area contributed by atoms with E-state index >= 15 is 0 Å². The van der Waals surface area contributed by atoms with Crippen LogP contribution in [0, 0.1) is 5.82 Å². The fourth-order valence-corrected chi connectivity index (χ4v) is 2.13. The predicted octanol–water partition coefficient (Wildman–Crippen LogP) is 3.61. The Balaban J connectivity index is 1.86. The van der Waals surface area contributed by atoms with E-state index in [1.807, 2.05) is 0 Å². The molecule has 0 spiro atoms. The van der Waals surface area contributed by atoms with Crippen LogP contribution >= 0.6 is 23.2 Å².